The van der Waals surface area contributed by atoms with Gasteiger partial charge in [0.2, 0.25) is 0 Å². The molecular formula is C11H14O4S2. The molecule has 0 radical (unpaired) electrons. The third-order valence-corrected chi connectivity index (χ3v) is 4.92. The minimum atomic E-state index is -1.15. The third-order valence-electron chi connectivity index (χ3n) is 2.29. The first-order chi connectivity index (χ1) is 7.99. The molecule has 0 aromatic heterocycles. The maximum Gasteiger partial charge on any atom is 0.350 e. The zero-order chi connectivity index (χ0) is 12.5. The van der Waals surface area contributed by atoms with Crippen molar-refractivity contribution in [1.29, 1.82) is 0 Å². The number of hydrogen-bond acceptors (Lipinski definition) is 6. The van der Waals surface area contributed by atoms with Crippen LogP contribution in [-0.4, -0.2) is 29.2 Å². The molecule has 2 rings (SSSR count). The summed E-state index contributed by atoms with van der Waals surface area (Å²) >= 11 is 3.08. The van der Waals surface area contributed by atoms with E-state index in [0.29, 0.717) is 0 Å². The fourth-order valence-electron chi connectivity index (χ4n) is 1.54. The van der Waals surface area contributed by atoms with E-state index in [-0.39, 0.29) is 5.57 Å². The van der Waals surface area contributed by atoms with E-state index in [1.807, 2.05) is 0 Å². The Morgan fingerprint density at radius 1 is 1.00 bits per heavy atom. The Labute approximate surface area is 108 Å². The highest BCUT2D eigenvalue weighted by Gasteiger charge is 2.41. The zero-order valence-corrected chi connectivity index (χ0v) is 11.4. The molecule has 0 saturated carbocycles. The zero-order valence-electron chi connectivity index (χ0n) is 9.78. The van der Waals surface area contributed by atoms with E-state index in [4.69, 9.17) is 9.47 Å². The highest BCUT2D eigenvalue weighted by atomic mass is 32.2. The predicted octanol–water partition coefficient (Wildman–Crippen LogP) is 2.29. The summed E-state index contributed by atoms with van der Waals surface area (Å²) < 4.78 is 10.9. The quantitative estimate of drug-likeness (QED) is 0.384. The molecule has 0 aromatic carbocycles. The highest BCUT2D eigenvalue weighted by molar-refractivity contribution is 8.22. The average molecular weight is 274 g/mol. The molecule has 4 nitrogen and oxygen atoms in total. The van der Waals surface area contributed by atoms with Crippen LogP contribution >= 0.6 is 23.5 Å². The van der Waals surface area contributed by atoms with Crippen LogP contribution in [0.4, 0.5) is 0 Å². The van der Waals surface area contributed by atoms with Crippen molar-refractivity contribution >= 4 is 35.5 Å². The average Bonchev–Trinajstić information content (AvgIpc) is 2.43. The third kappa shape index (κ3) is 2.98. The Morgan fingerprint density at radius 3 is 1.94 bits per heavy atom. The van der Waals surface area contributed by atoms with Gasteiger partial charge in [0.05, 0.1) is 4.24 Å². The number of rotatable bonds is 0. The van der Waals surface area contributed by atoms with Crippen molar-refractivity contribution in [2.24, 2.45) is 0 Å². The summed E-state index contributed by atoms with van der Waals surface area (Å²) in [6.45, 7) is 3.11. The Balaban J connectivity index is 2.27. The molecule has 0 N–H and O–H groups in total. The fourth-order valence-corrected chi connectivity index (χ4v) is 4.06. The summed E-state index contributed by atoms with van der Waals surface area (Å²) in [4.78, 5) is 23.6. The van der Waals surface area contributed by atoms with Gasteiger partial charge in [-0.15, -0.1) is 23.5 Å². The van der Waals surface area contributed by atoms with Crippen molar-refractivity contribution in [2.45, 2.75) is 32.5 Å². The molecule has 0 spiro atoms. The van der Waals surface area contributed by atoms with Crippen LogP contribution in [0.3, 0.4) is 0 Å². The van der Waals surface area contributed by atoms with E-state index in [9.17, 15) is 9.59 Å². The van der Waals surface area contributed by atoms with Gasteiger partial charge in [0, 0.05) is 13.8 Å². The van der Waals surface area contributed by atoms with Gasteiger partial charge in [-0.1, -0.05) is 0 Å². The highest BCUT2D eigenvalue weighted by Crippen LogP contribution is 2.38. The SMILES string of the molecule is CC1(C)OC(=O)C(=C2SCCCCS2)C(=O)O1. The number of cyclic esters (lactones) is 2. The molecule has 2 heterocycles. The lowest BCUT2D eigenvalue weighted by molar-refractivity contribution is -0.222. The van der Waals surface area contributed by atoms with Crippen molar-refractivity contribution in [1.82, 2.24) is 0 Å². The number of esters is 2. The second-order valence-corrected chi connectivity index (χ2v) is 6.71. The first-order valence-electron chi connectivity index (χ1n) is 5.46. The summed E-state index contributed by atoms with van der Waals surface area (Å²) in [5.74, 6) is -0.435. The molecule has 17 heavy (non-hydrogen) atoms. The monoisotopic (exact) mass is 274 g/mol. The summed E-state index contributed by atoms with van der Waals surface area (Å²) in [7, 11) is 0. The van der Waals surface area contributed by atoms with Gasteiger partial charge in [-0.05, 0) is 24.3 Å². The van der Waals surface area contributed by atoms with Gasteiger partial charge in [0.15, 0.2) is 5.57 Å². The number of carbonyl (C=O) groups excluding carboxylic acids is 2. The summed E-state index contributed by atoms with van der Waals surface area (Å²) in [6, 6.07) is 0. The first-order valence-corrected chi connectivity index (χ1v) is 7.43. The van der Waals surface area contributed by atoms with Gasteiger partial charge in [-0.25, -0.2) is 9.59 Å². The topological polar surface area (TPSA) is 52.6 Å². The van der Waals surface area contributed by atoms with Crippen molar-refractivity contribution in [3.05, 3.63) is 9.81 Å². The lowest BCUT2D eigenvalue weighted by atomic mass is 10.2. The molecule has 0 atom stereocenters. The van der Waals surface area contributed by atoms with Gasteiger partial charge < -0.3 is 9.47 Å². The number of thioether (sulfide) groups is 2. The molecule has 94 valence electrons. The van der Waals surface area contributed by atoms with Crippen LogP contribution in [0.15, 0.2) is 9.81 Å². The van der Waals surface area contributed by atoms with Gasteiger partial charge in [0.1, 0.15) is 0 Å². The van der Waals surface area contributed by atoms with Gasteiger partial charge in [-0.2, -0.15) is 0 Å². The van der Waals surface area contributed by atoms with E-state index < -0.39 is 17.7 Å². The lowest BCUT2D eigenvalue weighted by Gasteiger charge is -2.30. The number of ether oxygens (including phenoxy) is 2. The summed E-state index contributed by atoms with van der Waals surface area (Å²) in [6.07, 6.45) is 2.20. The molecule has 0 bridgehead atoms. The maximum atomic E-state index is 11.8. The lowest BCUT2D eigenvalue weighted by Crippen LogP contribution is -2.42. The fraction of sp³-hybridized carbons (Fsp3) is 0.636. The van der Waals surface area contributed by atoms with Crippen molar-refractivity contribution < 1.29 is 19.1 Å². The van der Waals surface area contributed by atoms with Crippen molar-refractivity contribution in [3.63, 3.8) is 0 Å². The maximum absolute atomic E-state index is 11.8. The van der Waals surface area contributed by atoms with E-state index in [1.165, 1.54) is 23.5 Å². The second kappa shape index (κ2) is 4.94. The molecule has 0 aliphatic carbocycles. The van der Waals surface area contributed by atoms with Gasteiger partial charge in [0.25, 0.3) is 5.79 Å². The van der Waals surface area contributed by atoms with E-state index >= 15 is 0 Å². The molecule has 0 unspecified atom stereocenters. The van der Waals surface area contributed by atoms with Crippen LogP contribution in [0.2, 0.25) is 0 Å². The molecule has 2 aliphatic rings. The van der Waals surface area contributed by atoms with Crippen LogP contribution < -0.4 is 0 Å². The minimum absolute atomic E-state index is 0.0706. The van der Waals surface area contributed by atoms with Crippen LogP contribution in [0.1, 0.15) is 26.7 Å². The first kappa shape index (κ1) is 12.8. The Hall–Kier alpha value is -0.620. The molecule has 2 fully saturated rings. The molecule has 6 heteroatoms. The van der Waals surface area contributed by atoms with Gasteiger partial charge >= 0.3 is 11.9 Å². The van der Waals surface area contributed by atoms with Crippen LogP contribution in [-0.2, 0) is 19.1 Å². The number of hydrogen-bond donors (Lipinski definition) is 0. The molecule has 2 aliphatic heterocycles. The number of carbonyl (C=O) groups is 2. The molecule has 2 saturated heterocycles. The van der Waals surface area contributed by atoms with Crippen LogP contribution in [0.5, 0.6) is 0 Å². The van der Waals surface area contributed by atoms with E-state index in [1.54, 1.807) is 13.8 Å². The Bertz CT molecular complexity index is 355. The standard InChI is InChI=1S/C11H14O4S2/c1-11(2)14-8(12)7(9(13)15-11)10-16-5-3-4-6-17-10/h3-6H2,1-2H3. The molecular weight excluding hydrogens is 260 g/mol. The Morgan fingerprint density at radius 2 is 1.47 bits per heavy atom. The van der Waals surface area contributed by atoms with Crippen molar-refractivity contribution in [3.8, 4) is 0 Å². The van der Waals surface area contributed by atoms with Crippen molar-refractivity contribution in [2.75, 3.05) is 11.5 Å². The van der Waals surface area contributed by atoms with Crippen LogP contribution in [0, 0.1) is 0 Å². The molecule has 0 amide bonds. The van der Waals surface area contributed by atoms with Gasteiger partial charge in [-0.3, -0.25) is 0 Å². The van der Waals surface area contributed by atoms with Crippen LogP contribution in [0.25, 0.3) is 0 Å². The van der Waals surface area contributed by atoms with E-state index in [2.05, 4.69) is 0 Å². The predicted molar refractivity (Wildman–Crippen MR) is 67.4 cm³/mol. The summed E-state index contributed by atoms with van der Waals surface area (Å²) in [5, 5.41) is 0. The normalized spacial score (nSPS) is 25.1. The molecule has 0 aromatic rings. The second-order valence-electron chi connectivity index (χ2n) is 4.25. The largest absolute Gasteiger partial charge is 0.419 e. The Kier molecular flexibility index (Phi) is 3.73. The van der Waals surface area contributed by atoms with E-state index in [0.717, 1.165) is 28.6 Å². The summed E-state index contributed by atoms with van der Waals surface area (Å²) in [5.41, 5.74) is 0.0706. The smallest absolute Gasteiger partial charge is 0.350 e. The minimum Gasteiger partial charge on any atom is -0.419 e.